The van der Waals surface area contributed by atoms with E-state index in [9.17, 15) is 0 Å². The molecule has 0 aliphatic carbocycles. The summed E-state index contributed by atoms with van der Waals surface area (Å²) in [4.78, 5) is 12.2. The molecule has 5 rings (SSSR count). The van der Waals surface area contributed by atoms with Gasteiger partial charge in [-0.15, -0.1) is 42.0 Å². The Balaban J connectivity index is 0.000000234. The topological polar surface area (TPSA) is 53.9 Å². The fourth-order valence-corrected chi connectivity index (χ4v) is 3.50. The maximum Gasteiger partial charge on any atom is 0.253 e. The number of nitriles is 1. The van der Waals surface area contributed by atoms with Crippen molar-refractivity contribution in [2.45, 2.75) is 6.92 Å². The van der Waals surface area contributed by atoms with E-state index in [-0.39, 0.29) is 20.1 Å². The minimum atomic E-state index is 0. The molecule has 0 amide bonds. The normalized spacial score (nSPS) is 9.53. The van der Waals surface area contributed by atoms with Gasteiger partial charge in [-0.25, -0.2) is 5.26 Å². The van der Waals surface area contributed by atoms with Crippen LogP contribution in [0.25, 0.3) is 38.5 Å². The summed E-state index contributed by atoms with van der Waals surface area (Å²) < 4.78 is 0. The van der Waals surface area contributed by atoms with Crippen molar-refractivity contribution < 1.29 is 20.1 Å². The van der Waals surface area contributed by atoms with Crippen molar-refractivity contribution in [3.8, 4) is 39.7 Å². The first kappa shape index (κ1) is 26.2. The maximum absolute atomic E-state index is 9.07. The zero-order valence-corrected chi connectivity index (χ0v) is 21.8. The SMILES string of the molecule is [C-]#[N+]c1ccc(C#N)[c-]c1-c1cc(-c2ccccc2)c(C)cn1.[Ir].[c-]1ccccc1-c1ccccn1. The summed E-state index contributed by atoms with van der Waals surface area (Å²) in [6.07, 6.45) is 3.58. The molecule has 0 fully saturated rings. The van der Waals surface area contributed by atoms with Gasteiger partial charge in [-0.3, -0.25) is 4.98 Å². The number of benzene rings is 3. The summed E-state index contributed by atoms with van der Waals surface area (Å²) in [5.41, 5.74) is 7.28. The third-order valence-corrected chi connectivity index (χ3v) is 5.26. The van der Waals surface area contributed by atoms with Crippen molar-refractivity contribution in [1.29, 1.82) is 5.26 Å². The van der Waals surface area contributed by atoms with Crippen LogP contribution in [0.4, 0.5) is 5.69 Å². The number of rotatable bonds is 3. The average Bonchev–Trinajstić information content (AvgIpc) is 2.95. The van der Waals surface area contributed by atoms with Crippen molar-refractivity contribution in [1.82, 2.24) is 9.97 Å². The van der Waals surface area contributed by atoms with Crippen LogP contribution in [0.2, 0.25) is 0 Å². The summed E-state index contributed by atoms with van der Waals surface area (Å²) in [7, 11) is 0. The molecule has 2 aromatic heterocycles. The third kappa shape index (κ3) is 6.38. The fourth-order valence-electron chi connectivity index (χ4n) is 3.50. The summed E-state index contributed by atoms with van der Waals surface area (Å²) in [5, 5.41) is 9.07. The second-order valence-corrected chi connectivity index (χ2v) is 7.60. The quantitative estimate of drug-likeness (QED) is 0.192. The Bertz CT molecular complexity index is 1470. The van der Waals surface area contributed by atoms with E-state index in [0.29, 0.717) is 22.5 Å². The Kier molecular flexibility index (Phi) is 9.38. The second kappa shape index (κ2) is 12.9. The van der Waals surface area contributed by atoms with Gasteiger partial charge in [0.05, 0.1) is 0 Å². The van der Waals surface area contributed by atoms with E-state index in [0.717, 1.165) is 27.9 Å². The molecule has 175 valence electrons. The van der Waals surface area contributed by atoms with Crippen molar-refractivity contribution in [2.75, 3.05) is 0 Å². The van der Waals surface area contributed by atoms with E-state index in [2.05, 4.69) is 33.0 Å². The molecule has 0 aliphatic heterocycles. The number of aromatic nitrogens is 2. The van der Waals surface area contributed by atoms with Crippen LogP contribution in [0.5, 0.6) is 0 Å². The van der Waals surface area contributed by atoms with Crippen LogP contribution >= 0.6 is 0 Å². The van der Waals surface area contributed by atoms with Gasteiger partial charge in [-0.1, -0.05) is 60.2 Å². The van der Waals surface area contributed by atoms with Crippen molar-refractivity contribution in [3.63, 3.8) is 0 Å². The molecular formula is C31H20IrN4-2. The summed E-state index contributed by atoms with van der Waals surface area (Å²) in [5.74, 6) is 0. The molecule has 0 unspecified atom stereocenters. The van der Waals surface area contributed by atoms with Gasteiger partial charge in [0.25, 0.3) is 5.69 Å². The molecule has 0 aliphatic rings. The predicted molar refractivity (Wildman–Crippen MR) is 138 cm³/mol. The minimum absolute atomic E-state index is 0. The molecule has 0 saturated carbocycles. The summed E-state index contributed by atoms with van der Waals surface area (Å²) in [6, 6.07) is 37.1. The molecule has 0 spiro atoms. The monoisotopic (exact) mass is 641 g/mol. The Hall–Kier alpha value is -4.41. The van der Waals surface area contributed by atoms with Gasteiger partial charge >= 0.3 is 0 Å². The third-order valence-electron chi connectivity index (χ3n) is 5.26. The van der Waals surface area contributed by atoms with Gasteiger partial charge < -0.3 is 4.98 Å². The van der Waals surface area contributed by atoms with E-state index >= 15 is 0 Å². The minimum Gasteiger partial charge on any atom is -0.305 e. The molecule has 5 aromatic rings. The Labute approximate surface area is 225 Å². The molecule has 4 nitrogen and oxygen atoms in total. The Morgan fingerprint density at radius 3 is 2.33 bits per heavy atom. The standard InChI is InChI=1S/C20H12N3.C11H8N.Ir/c1-14-13-23-20(11-17(14)16-6-4-3-5-7-16)18-10-15(12-21)8-9-19(18)22-2;1-2-6-10(7-3-1)11-8-4-5-9-12-11;/h3-9,11,13H,1H3;1-6,8-9H;/q2*-1;. The van der Waals surface area contributed by atoms with Crippen LogP contribution < -0.4 is 0 Å². The number of pyridine rings is 2. The predicted octanol–water partition coefficient (Wildman–Crippen LogP) is 7.49. The first-order chi connectivity index (χ1) is 17.2. The maximum atomic E-state index is 9.07. The van der Waals surface area contributed by atoms with E-state index in [1.54, 1.807) is 24.5 Å². The van der Waals surface area contributed by atoms with Gasteiger partial charge in [0.2, 0.25) is 0 Å². The summed E-state index contributed by atoms with van der Waals surface area (Å²) in [6.45, 7) is 9.32. The smallest absolute Gasteiger partial charge is 0.253 e. The average molecular weight is 641 g/mol. The van der Waals surface area contributed by atoms with E-state index in [1.165, 1.54) is 0 Å². The fraction of sp³-hybridized carbons (Fsp3) is 0.0323. The van der Waals surface area contributed by atoms with E-state index in [4.69, 9.17) is 11.8 Å². The molecule has 5 heteroatoms. The van der Waals surface area contributed by atoms with Crippen LogP contribution in [0.1, 0.15) is 11.1 Å². The van der Waals surface area contributed by atoms with Gasteiger partial charge in [0.15, 0.2) is 0 Å². The molecule has 0 bridgehead atoms. The van der Waals surface area contributed by atoms with Crippen LogP contribution in [0, 0.1) is 37.0 Å². The molecule has 0 N–H and O–H groups in total. The first-order valence-electron chi connectivity index (χ1n) is 10.9. The second-order valence-electron chi connectivity index (χ2n) is 7.60. The molecule has 1 radical (unpaired) electrons. The first-order valence-corrected chi connectivity index (χ1v) is 10.9. The number of aryl methyl sites for hydroxylation is 1. The van der Waals surface area contributed by atoms with E-state index in [1.807, 2.05) is 85.8 Å². The van der Waals surface area contributed by atoms with Gasteiger partial charge in [0.1, 0.15) is 6.57 Å². The van der Waals surface area contributed by atoms with Gasteiger partial charge in [-0.2, -0.15) is 4.85 Å². The van der Waals surface area contributed by atoms with Crippen molar-refractivity contribution >= 4 is 5.69 Å². The van der Waals surface area contributed by atoms with Crippen LogP contribution in [0.3, 0.4) is 0 Å². The number of hydrogen-bond donors (Lipinski definition) is 0. The largest absolute Gasteiger partial charge is 0.305 e. The zero-order valence-electron chi connectivity index (χ0n) is 19.4. The number of hydrogen-bond acceptors (Lipinski definition) is 3. The molecule has 0 atom stereocenters. The molecule has 0 saturated heterocycles. The van der Waals surface area contributed by atoms with Gasteiger partial charge in [0, 0.05) is 38.2 Å². The number of nitrogens with zero attached hydrogens (tertiary/aromatic N) is 4. The van der Waals surface area contributed by atoms with Crippen LogP contribution in [0.15, 0.2) is 103 Å². The zero-order chi connectivity index (χ0) is 24.5. The van der Waals surface area contributed by atoms with Crippen LogP contribution in [-0.4, -0.2) is 9.97 Å². The summed E-state index contributed by atoms with van der Waals surface area (Å²) >= 11 is 0. The van der Waals surface area contributed by atoms with E-state index < -0.39 is 0 Å². The van der Waals surface area contributed by atoms with Gasteiger partial charge in [-0.05, 0) is 53.1 Å². The molecule has 2 heterocycles. The Morgan fingerprint density at radius 1 is 0.889 bits per heavy atom. The molecule has 36 heavy (non-hydrogen) atoms. The van der Waals surface area contributed by atoms with Crippen molar-refractivity contribution in [3.05, 3.63) is 138 Å². The van der Waals surface area contributed by atoms with Crippen molar-refractivity contribution in [2.24, 2.45) is 0 Å². The molecular weight excluding hydrogens is 621 g/mol. The van der Waals surface area contributed by atoms with Crippen LogP contribution in [-0.2, 0) is 20.1 Å². The molecule has 3 aromatic carbocycles. The Morgan fingerprint density at radius 2 is 1.67 bits per heavy atom.